The van der Waals surface area contributed by atoms with Crippen LogP contribution in [0.4, 0.5) is 0 Å². The van der Waals surface area contributed by atoms with Crippen LogP contribution in [0.1, 0.15) is 41.1 Å². The second-order valence-electron chi connectivity index (χ2n) is 5.25. The number of aliphatic hydroxyl groups excluding tert-OH is 1. The molecule has 3 rings (SSSR count). The van der Waals surface area contributed by atoms with Gasteiger partial charge in [0.05, 0.1) is 24.2 Å². The van der Waals surface area contributed by atoms with E-state index in [9.17, 15) is 5.11 Å². The summed E-state index contributed by atoms with van der Waals surface area (Å²) in [6, 6.07) is 6.46. The van der Waals surface area contributed by atoms with Gasteiger partial charge in [0.2, 0.25) is 0 Å². The lowest BCUT2D eigenvalue weighted by Gasteiger charge is -2.10. The van der Waals surface area contributed by atoms with Crippen molar-refractivity contribution in [2.24, 2.45) is 0 Å². The van der Waals surface area contributed by atoms with Crippen LogP contribution in [0.5, 0.6) is 0 Å². The summed E-state index contributed by atoms with van der Waals surface area (Å²) in [7, 11) is 0. The molecule has 1 aromatic heterocycles. The quantitative estimate of drug-likeness (QED) is 0.898. The molecule has 0 unspecified atom stereocenters. The summed E-state index contributed by atoms with van der Waals surface area (Å²) in [5.41, 5.74) is 5.76. The number of hydrogen-bond acceptors (Lipinski definition) is 2. The van der Waals surface area contributed by atoms with E-state index in [1.165, 1.54) is 29.7 Å². The average molecular weight is 242 g/mol. The van der Waals surface area contributed by atoms with Crippen molar-refractivity contribution in [3.63, 3.8) is 0 Å². The van der Waals surface area contributed by atoms with E-state index in [1.54, 1.807) is 6.20 Å². The number of nitrogens with zero attached hydrogens (tertiary/aromatic N) is 2. The molecule has 94 valence electrons. The Morgan fingerprint density at radius 3 is 2.44 bits per heavy atom. The molecule has 0 spiro atoms. The smallest absolute Gasteiger partial charge is 0.0715 e. The second kappa shape index (κ2) is 4.25. The van der Waals surface area contributed by atoms with E-state index >= 15 is 0 Å². The fraction of sp³-hybridized carbons (Fsp3) is 0.400. The Morgan fingerprint density at radius 1 is 1.22 bits per heavy atom. The highest BCUT2D eigenvalue weighted by Crippen LogP contribution is 2.42. The Hall–Kier alpha value is -1.61. The molecule has 0 atom stereocenters. The van der Waals surface area contributed by atoms with Crippen LogP contribution in [-0.4, -0.2) is 14.9 Å². The van der Waals surface area contributed by atoms with E-state index in [0.717, 1.165) is 11.3 Å². The van der Waals surface area contributed by atoms with Crippen molar-refractivity contribution in [2.75, 3.05) is 0 Å². The number of hydrogen-bond donors (Lipinski definition) is 1. The lowest BCUT2D eigenvalue weighted by atomic mass is 10.1. The molecule has 1 fully saturated rings. The summed E-state index contributed by atoms with van der Waals surface area (Å²) in [5.74, 6) is 0.579. The first kappa shape index (κ1) is 11.5. The van der Waals surface area contributed by atoms with E-state index in [0.29, 0.717) is 5.92 Å². The van der Waals surface area contributed by atoms with Gasteiger partial charge in [-0.2, -0.15) is 5.10 Å². The van der Waals surface area contributed by atoms with Crippen LogP contribution in [0.3, 0.4) is 0 Å². The zero-order valence-corrected chi connectivity index (χ0v) is 10.8. The third kappa shape index (κ3) is 1.95. The largest absolute Gasteiger partial charge is 0.392 e. The highest BCUT2D eigenvalue weighted by molar-refractivity contribution is 5.42. The van der Waals surface area contributed by atoms with E-state index in [-0.39, 0.29) is 6.61 Å². The Morgan fingerprint density at radius 2 is 1.89 bits per heavy atom. The predicted octanol–water partition coefficient (Wildman–Crippen LogP) is 2.86. The van der Waals surface area contributed by atoms with Crippen LogP contribution in [-0.2, 0) is 6.61 Å². The number of aromatic nitrogens is 2. The van der Waals surface area contributed by atoms with Crippen LogP contribution in [0.15, 0.2) is 24.4 Å². The first-order chi connectivity index (χ1) is 8.69. The molecule has 1 aliphatic rings. The molecular weight excluding hydrogens is 224 g/mol. The van der Waals surface area contributed by atoms with Crippen molar-refractivity contribution in [3.8, 4) is 5.69 Å². The maximum Gasteiger partial charge on any atom is 0.0715 e. The summed E-state index contributed by atoms with van der Waals surface area (Å²) in [6.07, 6.45) is 4.22. The fourth-order valence-electron chi connectivity index (χ4n) is 2.58. The SMILES string of the molecule is Cc1cc(C)cc(-n2ncc(CO)c2C2CC2)c1. The Labute approximate surface area is 107 Å². The topological polar surface area (TPSA) is 38.0 Å². The van der Waals surface area contributed by atoms with Gasteiger partial charge < -0.3 is 5.11 Å². The maximum atomic E-state index is 9.41. The minimum Gasteiger partial charge on any atom is -0.392 e. The third-order valence-electron chi connectivity index (χ3n) is 3.47. The molecule has 0 bridgehead atoms. The highest BCUT2D eigenvalue weighted by atomic mass is 16.3. The number of aliphatic hydroxyl groups is 1. The van der Waals surface area contributed by atoms with Crippen LogP contribution in [0.2, 0.25) is 0 Å². The lowest BCUT2D eigenvalue weighted by molar-refractivity contribution is 0.280. The zero-order valence-electron chi connectivity index (χ0n) is 10.8. The van der Waals surface area contributed by atoms with Gasteiger partial charge in [-0.05, 0) is 49.9 Å². The van der Waals surface area contributed by atoms with Crippen molar-refractivity contribution < 1.29 is 5.11 Å². The minimum atomic E-state index is 0.0800. The van der Waals surface area contributed by atoms with Crippen molar-refractivity contribution >= 4 is 0 Å². The summed E-state index contributed by atoms with van der Waals surface area (Å²) in [6.45, 7) is 4.28. The summed E-state index contributed by atoms with van der Waals surface area (Å²) in [4.78, 5) is 0. The molecule has 1 aliphatic carbocycles. The molecular formula is C15H18N2O. The van der Waals surface area contributed by atoms with Gasteiger partial charge >= 0.3 is 0 Å². The van der Waals surface area contributed by atoms with Gasteiger partial charge in [0.1, 0.15) is 0 Å². The van der Waals surface area contributed by atoms with Gasteiger partial charge in [-0.3, -0.25) is 0 Å². The van der Waals surface area contributed by atoms with Gasteiger partial charge in [0.25, 0.3) is 0 Å². The van der Waals surface area contributed by atoms with E-state index in [2.05, 4.69) is 37.1 Å². The molecule has 0 radical (unpaired) electrons. The number of aryl methyl sites for hydroxylation is 2. The molecule has 3 heteroatoms. The molecule has 2 aromatic rings. The van der Waals surface area contributed by atoms with Gasteiger partial charge in [0.15, 0.2) is 0 Å². The van der Waals surface area contributed by atoms with E-state index in [4.69, 9.17) is 0 Å². The number of rotatable bonds is 3. The average Bonchev–Trinajstić information content (AvgIpc) is 3.07. The molecule has 1 heterocycles. The van der Waals surface area contributed by atoms with Gasteiger partial charge in [-0.15, -0.1) is 0 Å². The molecule has 0 saturated heterocycles. The summed E-state index contributed by atoms with van der Waals surface area (Å²) in [5, 5.41) is 13.9. The first-order valence-electron chi connectivity index (χ1n) is 6.45. The summed E-state index contributed by atoms with van der Waals surface area (Å²) >= 11 is 0. The molecule has 1 N–H and O–H groups in total. The first-order valence-corrected chi connectivity index (χ1v) is 6.45. The maximum absolute atomic E-state index is 9.41. The Balaban J connectivity index is 2.13. The van der Waals surface area contributed by atoms with E-state index < -0.39 is 0 Å². The van der Waals surface area contributed by atoms with Crippen molar-refractivity contribution in [3.05, 3.63) is 46.8 Å². The van der Waals surface area contributed by atoms with Crippen LogP contribution >= 0.6 is 0 Å². The normalized spacial score (nSPS) is 15.1. The molecule has 3 nitrogen and oxygen atoms in total. The van der Waals surface area contributed by atoms with E-state index in [1.807, 2.05) is 4.68 Å². The number of benzene rings is 1. The molecule has 18 heavy (non-hydrogen) atoms. The van der Waals surface area contributed by atoms with Gasteiger partial charge in [-0.25, -0.2) is 4.68 Å². The standard InChI is InChI=1S/C15H18N2O/c1-10-5-11(2)7-14(6-10)17-15(12-3-4-12)13(9-18)8-16-17/h5-8,12,18H,3-4,9H2,1-2H3. The van der Waals surface area contributed by atoms with Gasteiger partial charge in [0, 0.05) is 11.5 Å². The van der Waals surface area contributed by atoms with Crippen LogP contribution in [0, 0.1) is 13.8 Å². The van der Waals surface area contributed by atoms with Crippen LogP contribution < -0.4 is 0 Å². The molecule has 0 aliphatic heterocycles. The monoisotopic (exact) mass is 242 g/mol. The lowest BCUT2D eigenvalue weighted by Crippen LogP contribution is -2.03. The van der Waals surface area contributed by atoms with Gasteiger partial charge in [-0.1, -0.05) is 6.07 Å². The van der Waals surface area contributed by atoms with Crippen LogP contribution in [0.25, 0.3) is 5.69 Å². The Kier molecular flexibility index (Phi) is 2.71. The predicted molar refractivity (Wildman–Crippen MR) is 70.9 cm³/mol. The molecule has 0 amide bonds. The highest BCUT2D eigenvalue weighted by Gasteiger charge is 2.30. The van der Waals surface area contributed by atoms with Crippen molar-refractivity contribution in [1.82, 2.24) is 9.78 Å². The second-order valence-corrected chi connectivity index (χ2v) is 5.25. The molecule has 1 aromatic carbocycles. The summed E-state index contributed by atoms with van der Waals surface area (Å²) < 4.78 is 2.00. The zero-order chi connectivity index (χ0) is 12.7. The van der Waals surface area contributed by atoms with Crippen molar-refractivity contribution in [2.45, 2.75) is 39.2 Å². The minimum absolute atomic E-state index is 0.0800. The Bertz CT molecular complexity index is 562. The molecule has 1 saturated carbocycles. The van der Waals surface area contributed by atoms with Crippen molar-refractivity contribution in [1.29, 1.82) is 0 Å². The third-order valence-corrected chi connectivity index (χ3v) is 3.47. The fourth-order valence-corrected chi connectivity index (χ4v) is 2.58.